The smallest absolute Gasteiger partial charge is 0.308 e. The Bertz CT molecular complexity index is 993. The molecule has 1 unspecified atom stereocenters. The van der Waals surface area contributed by atoms with Gasteiger partial charge in [-0.2, -0.15) is 0 Å². The highest BCUT2D eigenvalue weighted by molar-refractivity contribution is 7.85. The molecule has 0 aliphatic carbocycles. The second kappa shape index (κ2) is 8.18. The highest BCUT2D eigenvalue weighted by Crippen LogP contribution is 2.41. The van der Waals surface area contributed by atoms with Crippen LogP contribution in [-0.4, -0.2) is 17.3 Å². The van der Waals surface area contributed by atoms with Crippen molar-refractivity contribution in [2.45, 2.75) is 23.6 Å². The third-order valence-corrected chi connectivity index (χ3v) is 5.51. The van der Waals surface area contributed by atoms with Crippen molar-refractivity contribution in [1.29, 1.82) is 0 Å². The average molecular weight is 380 g/mol. The van der Waals surface area contributed by atoms with E-state index in [1.54, 1.807) is 25.3 Å². The third kappa shape index (κ3) is 4.09. The van der Waals surface area contributed by atoms with Gasteiger partial charge >= 0.3 is 5.97 Å². The molecule has 27 heavy (non-hydrogen) atoms. The Morgan fingerprint density at radius 3 is 2.22 bits per heavy atom. The fourth-order valence-electron chi connectivity index (χ4n) is 2.81. The Kier molecular flexibility index (Phi) is 5.72. The molecule has 0 fully saturated rings. The van der Waals surface area contributed by atoms with E-state index >= 15 is 0 Å². The SMILES string of the molecule is COc1cccc(OC(C)=O)c1-c1ccccc1S(=O)c1ccc(C)cc1. The monoisotopic (exact) mass is 380 g/mol. The van der Waals surface area contributed by atoms with Gasteiger partial charge in [-0.25, -0.2) is 4.21 Å². The summed E-state index contributed by atoms with van der Waals surface area (Å²) in [5.41, 5.74) is 2.40. The van der Waals surface area contributed by atoms with Gasteiger partial charge in [-0.3, -0.25) is 4.79 Å². The lowest BCUT2D eigenvalue weighted by Crippen LogP contribution is -2.05. The van der Waals surface area contributed by atoms with E-state index in [2.05, 4.69) is 0 Å². The largest absolute Gasteiger partial charge is 0.496 e. The van der Waals surface area contributed by atoms with Crippen LogP contribution in [0.2, 0.25) is 0 Å². The Hall–Kier alpha value is -2.92. The number of ether oxygens (including phenoxy) is 2. The van der Waals surface area contributed by atoms with E-state index in [4.69, 9.17) is 9.47 Å². The second-order valence-electron chi connectivity index (χ2n) is 6.00. The van der Waals surface area contributed by atoms with Crippen LogP contribution in [0.15, 0.2) is 76.5 Å². The maximum atomic E-state index is 13.2. The number of carbonyl (C=O) groups excluding carboxylic acids is 1. The van der Waals surface area contributed by atoms with Crippen molar-refractivity contribution in [2.75, 3.05) is 7.11 Å². The standard InChI is InChI=1S/C22H20O4S/c1-15-11-13-17(14-12-15)27(24)21-10-5-4-7-18(21)22-19(25-3)8-6-9-20(22)26-16(2)23/h4-14H,1-3H3. The topological polar surface area (TPSA) is 52.6 Å². The fraction of sp³-hybridized carbons (Fsp3) is 0.136. The van der Waals surface area contributed by atoms with E-state index in [0.29, 0.717) is 32.4 Å². The van der Waals surface area contributed by atoms with Crippen LogP contribution in [0.1, 0.15) is 12.5 Å². The van der Waals surface area contributed by atoms with E-state index < -0.39 is 16.8 Å². The zero-order valence-electron chi connectivity index (χ0n) is 15.4. The predicted molar refractivity (Wildman–Crippen MR) is 106 cm³/mol. The molecule has 3 aromatic rings. The number of methoxy groups -OCH3 is 1. The van der Waals surface area contributed by atoms with E-state index in [0.717, 1.165) is 5.56 Å². The number of hydrogen-bond acceptors (Lipinski definition) is 4. The summed E-state index contributed by atoms with van der Waals surface area (Å²) in [7, 11) is 0.157. The lowest BCUT2D eigenvalue weighted by atomic mass is 10.0. The summed E-state index contributed by atoms with van der Waals surface area (Å²) in [6, 6.07) is 20.2. The molecule has 0 aromatic heterocycles. The third-order valence-electron chi connectivity index (χ3n) is 4.05. The highest BCUT2D eigenvalue weighted by atomic mass is 32.2. The maximum absolute atomic E-state index is 13.2. The highest BCUT2D eigenvalue weighted by Gasteiger charge is 2.20. The van der Waals surface area contributed by atoms with Gasteiger partial charge in [0.1, 0.15) is 11.5 Å². The van der Waals surface area contributed by atoms with Gasteiger partial charge in [0.25, 0.3) is 0 Å². The molecule has 0 N–H and O–H groups in total. The average Bonchev–Trinajstić information content (AvgIpc) is 2.67. The molecule has 3 rings (SSSR count). The van der Waals surface area contributed by atoms with Gasteiger partial charge in [-0.1, -0.05) is 42.0 Å². The van der Waals surface area contributed by atoms with Crippen LogP contribution in [-0.2, 0) is 15.6 Å². The zero-order chi connectivity index (χ0) is 19.4. The van der Waals surface area contributed by atoms with Gasteiger partial charge in [0, 0.05) is 17.4 Å². The molecule has 1 atom stereocenters. The molecular formula is C22H20O4S. The van der Waals surface area contributed by atoms with E-state index in [9.17, 15) is 9.00 Å². The molecule has 5 heteroatoms. The summed E-state index contributed by atoms with van der Waals surface area (Å²) in [4.78, 5) is 12.9. The Balaban J connectivity index is 2.18. The van der Waals surface area contributed by atoms with Crippen molar-refractivity contribution in [3.8, 4) is 22.6 Å². The van der Waals surface area contributed by atoms with Crippen LogP contribution >= 0.6 is 0 Å². The lowest BCUT2D eigenvalue weighted by molar-refractivity contribution is -0.131. The van der Waals surface area contributed by atoms with Crippen LogP contribution in [0.4, 0.5) is 0 Å². The molecule has 0 heterocycles. The first-order valence-corrected chi connectivity index (χ1v) is 9.59. The molecule has 0 saturated carbocycles. The van der Waals surface area contributed by atoms with Gasteiger partial charge in [0.2, 0.25) is 0 Å². The van der Waals surface area contributed by atoms with Crippen molar-refractivity contribution in [3.63, 3.8) is 0 Å². The van der Waals surface area contributed by atoms with Gasteiger partial charge in [-0.15, -0.1) is 0 Å². The first-order valence-electron chi connectivity index (χ1n) is 8.44. The van der Waals surface area contributed by atoms with E-state index in [-0.39, 0.29) is 0 Å². The molecule has 0 spiro atoms. The predicted octanol–water partition coefficient (Wildman–Crippen LogP) is 4.76. The van der Waals surface area contributed by atoms with Gasteiger partial charge in [0.05, 0.1) is 28.4 Å². The second-order valence-corrected chi connectivity index (χ2v) is 7.45. The maximum Gasteiger partial charge on any atom is 0.308 e. The lowest BCUT2D eigenvalue weighted by Gasteiger charge is -2.16. The number of hydrogen-bond donors (Lipinski definition) is 0. The Morgan fingerprint density at radius 1 is 0.889 bits per heavy atom. The number of carbonyl (C=O) groups is 1. The minimum Gasteiger partial charge on any atom is -0.496 e. The number of esters is 1. The van der Waals surface area contributed by atoms with Crippen LogP contribution in [0.3, 0.4) is 0 Å². The molecular weight excluding hydrogens is 360 g/mol. The minimum atomic E-state index is -1.39. The van der Waals surface area contributed by atoms with Crippen molar-refractivity contribution in [1.82, 2.24) is 0 Å². The molecule has 138 valence electrons. The summed E-state index contributed by atoms with van der Waals surface area (Å²) >= 11 is 0. The molecule has 0 aliphatic heterocycles. The van der Waals surface area contributed by atoms with Crippen LogP contribution < -0.4 is 9.47 Å². The number of rotatable bonds is 5. The quantitative estimate of drug-likeness (QED) is 0.473. The number of benzene rings is 3. The van der Waals surface area contributed by atoms with E-state index in [1.165, 1.54) is 6.92 Å². The Labute approximate surface area is 161 Å². The van der Waals surface area contributed by atoms with Crippen LogP contribution in [0.5, 0.6) is 11.5 Å². The molecule has 0 aliphatic rings. The van der Waals surface area contributed by atoms with Crippen molar-refractivity contribution >= 4 is 16.8 Å². The summed E-state index contributed by atoms with van der Waals surface area (Å²) in [5, 5.41) is 0. The first-order chi connectivity index (χ1) is 13.0. The molecule has 0 radical (unpaired) electrons. The van der Waals surface area contributed by atoms with Crippen LogP contribution in [0, 0.1) is 6.92 Å². The molecule has 0 saturated heterocycles. The Morgan fingerprint density at radius 2 is 1.56 bits per heavy atom. The summed E-state index contributed by atoms with van der Waals surface area (Å²) in [5.74, 6) is 0.485. The van der Waals surface area contributed by atoms with Crippen LogP contribution in [0.25, 0.3) is 11.1 Å². The summed E-state index contributed by atoms with van der Waals surface area (Å²) in [6.45, 7) is 3.33. The first kappa shape index (κ1) is 18.9. The molecule has 3 aromatic carbocycles. The van der Waals surface area contributed by atoms with Crippen molar-refractivity contribution < 1.29 is 18.5 Å². The molecule has 0 amide bonds. The van der Waals surface area contributed by atoms with Crippen molar-refractivity contribution in [3.05, 3.63) is 72.3 Å². The normalized spacial score (nSPS) is 11.7. The zero-order valence-corrected chi connectivity index (χ0v) is 16.2. The van der Waals surface area contributed by atoms with Gasteiger partial charge in [-0.05, 0) is 37.3 Å². The number of aryl methyl sites for hydroxylation is 1. The minimum absolute atomic E-state index is 0.371. The van der Waals surface area contributed by atoms with E-state index in [1.807, 2.05) is 55.5 Å². The van der Waals surface area contributed by atoms with Crippen molar-refractivity contribution in [2.24, 2.45) is 0 Å². The summed E-state index contributed by atoms with van der Waals surface area (Å²) < 4.78 is 24.1. The summed E-state index contributed by atoms with van der Waals surface area (Å²) in [6.07, 6.45) is 0. The fourth-order valence-corrected chi connectivity index (χ4v) is 4.02. The molecule has 4 nitrogen and oxygen atoms in total. The van der Waals surface area contributed by atoms with Gasteiger partial charge in [0.15, 0.2) is 0 Å². The molecule has 0 bridgehead atoms. The van der Waals surface area contributed by atoms with Gasteiger partial charge < -0.3 is 9.47 Å².